The molecule has 0 bridgehead atoms. The fourth-order valence-electron chi connectivity index (χ4n) is 2.17. The Balaban J connectivity index is 1.87. The predicted octanol–water partition coefficient (Wildman–Crippen LogP) is 3.08. The van der Waals surface area contributed by atoms with Crippen LogP contribution in [0, 0.1) is 0 Å². The van der Waals surface area contributed by atoms with Gasteiger partial charge in [0.15, 0.2) is 0 Å². The van der Waals surface area contributed by atoms with Gasteiger partial charge in [0.1, 0.15) is 0 Å². The summed E-state index contributed by atoms with van der Waals surface area (Å²) in [5, 5.41) is 2.04. The van der Waals surface area contributed by atoms with Crippen molar-refractivity contribution in [3.05, 3.63) is 22.4 Å². The van der Waals surface area contributed by atoms with Crippen LogP contribution in [0.1, 0.15) is 37.0 Å². The number of carbonyl (C=O) groups is 1. The average Bonchev–Trinajstić information content (AvgIpc) is 2.69. The molecule has 0 saturated carbocycles. The van der Waals surface area contributed by atoms with Crippen LogP contribution in [0.15, 0.2) is 17.5 Å². The summed E-state index contributed by atoms with van der Waals surface area (Å²) in [6.07, 6.45) is 6.85. The molecule has 0 aliphatic carbocycles. The SMILES string of the molecule is O=C(Cc1cccs1)N1CCCCCCC1. The highest BCUT2D eigenvalue weighted by atomic mass is 32.1. The molecule has 1 amide bonds. The second-order valence-corrected chi connectivity index (χ2v) is 5.44. The summed E-state index contributed by atoms with van der Waals surface area (Å²) in [6, 6.07) is 4.06. The van der Waals surface area contributed by atoms with Crippen LogP contribution in [0.2, 0.25) is 0 Å². The summed E-state index contributed by atoms with van der Waals surface area (Å²) >= 11 is 1.68. The molecule has 1 aromatic rings. The van der Waals surface area contributed by atoms with Gasteiger partial charge in [0.2, 0.25) is 5.91 Å². The van der Waals surface area contributed by atoms with Gasteiger partial charge in [-0.05, 0) is 24.3 Å². The molecule has 1 aliphatic heterocycles. The number of nitrogens with zero attached hydrogens (tertiary/aromatic N) is 1. The molecule has 0 aromatic carbocycles. The van der Waals surface area contributed by atoms with Gasteiger partial charge in [-0.2, -0.15) is 0 Å². The third-order valence-electron chi connectivity index (χ3n) is 3.11. The van der Waals surface area contributed by atoms with E-state index in [2.05, 4.69) is 4.90 Å². The highest BCUT2D eigenvalue weighted by Crippen LogP contribution is 2.14. The molecule has 0 radical (unpaired) electrons. The second kappa shape index (κ2) is 6.04. The Morgan fingerprint density at radius 2 is 1.88 bits per heavy atom. The first kappa shape index (κ1) is 11.6. The zero-order valence-corrected chi connectivity index (χ0v) is 10.5. The first-order valence-electron chi connectivity index (χ1n) is 6.16. The van der Waals surface area contributed by atoms with E-state index in [1.165, 1.54) is 37.0 Å². The van der Waals surface area contributed by atoms with Crippen molar-refractivity contribution in [2.75, 3.05) is 13.1 Å². The van der Waals surface area contributed by atoms with Crippen LogP contribution in [0.4, 0.5) is 0 Å². The summed E-state index contributed by atoms with van der Waals surface area (Å²) in [5.41, 5.74) is 0. The maximum atomic E-state index is 12.1. The number of amides is 1. The standard InChI is InChI=1S/C13H19NOS/c15-13(11-12-7-6-10-16-12)14-8-4-2-1-3-5-9-14/h6-7,10H,1-5,8-9,11H2. The predicted molar refractivity (Wildman–Crippen MR) is 67.7 cm³/mol. The van der Waals surface area contributed by atoms with Crippen molar-refractivity contribution in [3.8, 4) is 0 Å². The molecule has 0 spiro atoms. The van der Waals surface area contributed by atoms with Crippen molar-refractivity contribution in [3.63, 3.8) is 0 Å². The molecule has 0 N–H and O–H groups in total. The maximum Gasteiger partial charge on any atom is 0.227 e. The van der Waals surface area contributed by atoms with Crippen molar-refractivity contribution in [1.82, 2.24) is 4.90 Å². The molecule has 1 aromatic heterocycles. The minimum atomic E-state index is 0.310. The monoisotopic (exact) mass is 237 g/mol. The summed E-state index contributed by atoms with van der Waals surface area (Å²) in [7, 11) is 0. The average molecular weight is 237 g/mol. The summed E-state index contributed by atoms with van der Waals surface area (Å²) in [6.45, 7) is 1.93. The molecular weight excluding hydrogens is 218 g/mol. The lowest BCUT2D eigenvalue weighted by molar-refractivity contribution is -0.130. The van der Waals surface area contributed by atoms with Gasteiger partial charge in [-0.25, -0.2) is 0 Å². The Labute approximate surface area is 101 Å². The molecule has 2 heterocycles. The van der Waals surface area contributed by atoms with E-state index in [0.717, 1.165) is 13.1 Å². The van der Waals surface area contributed by atoms with Crippen molar-refractivity contribution in [2.24, 2.45) is 0 Å². The van der Waals surface area contributed by atoms with E-state index in [4.69, 9.17) is 0 Å². The van der Waals surface area contributed by atoms with Gasteiger partial charge in [0.05, 0.1) is 6.42 Å². The van der Waals surface area contributed by atoms with Gasteiger partial charge in [-0.1, -0.05) is 25.3 Å². The van der Waals surface area contributed by atoms with Crippen LogP contribution in [-0.4, -0.2) is 23.9 Å². The van der Waals surface area contributed by atoms with E-state index >= 15 is 0 Å². The van der Waals surface area contributed by atoms with E-state index in [1.807, 2.05) is 17.5 Å². The minimum Gasteiger partial charge on any atom is -0.342 e. The number of carbonyl (C=O) groups excluding carboxylic acids is 1. The molecule has 16 heavy (non-hydrogen) atoms. The smallest absolute Gasteiger partial charge is 0.227 e. The van der Waals surface area contributed by atoms with Crippen molar-refractivity contribution >= 4 is 17.2 Å². The summed E-state index contributed by atoms with van der Waals surface area (Å²) in [5.74, 6) is 0.310. The normalized spacial score (nSPS) is 17.9. The molecule has 1 fully saturated rings. The highest BCUT2D eigenvalue weighted by Gasteiger charge is 2.15. The minimum absolute atomic E-state index is 0.310. The highest BCUT2D eigenvalue weighted by molar-refractivity contribution is 7.10. The number of likely N-dealkylation sites (tertiary alicyclic amines) is 1. The molecule has 1 saturated heterocycles. The molecule has 3 heteroatoms. The van der Waals surface area contributed by atoms with E-state index in [0.29, 0.717) is 12.3 Å². The van der Waals surface area contributed by atoms with Crippen LogP contribution in [-0.2, 0) is 11.2 Å². The molecule has 1 aliphatic rings. The van der Waals surface area contributed by atoms with Crippen molar-refractivity contribution in [2.45, 2.75) is 38.5 Å². The lowest BCUT2D eigenvalue weighted by Gasteiger charge is -2.24. The largest absolute Gasteiger partial charge is 0.342 e. The Morgan fingerprint density at radius 1 is 1.19 bits per heavy atom. The van der Waals surface area contributed by atoms with Crippen LogP contribution in [0.25, 0.3) is 0 Å². The number of rotatable bonds is 2. The van der Waals surface area contributed by atoms with Crippen molar-refractivity contribution in [1.29, 1.82) is 0 Å². The lowest BCUT2D eigenvalue weighted by atomic mass is 10.1. The van der Waals surface area contributed by atoms with Gasteiger partial charge >= 0.3 is 0 Å². The summed E-state index contributed by atoms with van der Waals surface area (Å²) < 4.78 is 0. The van der Waals surface area contributed by atoms with E-state index in [-0.39, 0.29) is 0 Å². The van der Waals surface area contributed by atoms with E-state index < -0.39 is 0 Å². The molecule has 88 valence electrons. The van der Waals surface area contributed by atoms with E-state index in [1.54, 1.807) is 11.3 Å². The molecule has 2 rings (SSSR count). The summed E-state index contributed by atoms with van der Waals surface area (Å²) in [4.78, 5) is 15.3. The van der Waals surface area contributed by atoms with Gasteiger partial charge < -0.3 is 4.90 Å². The Hall–Kier alpha value is -0.830. The first-order valence-corrected chi connectivity index (χ1v) is 7.04. The van der Waals surface area contributed by atoms with E-state index in [9.17, 15) is 4.79 Å². The Morgan fingerprint density at radius 3 is 2.50 bits per heavy atom. The van der Waals surface area contributed by atoms with Crippen LogP contribution >= 0.6 is 11.3 Å². The molecule has 0 atom stereocenters. The van der Waals surface area contributed by atoms with Gasteiger partial charge in [0, 0.05) is 18.0 Å². The fourth-order valence-corrected chi connectivity index (χ4v) is 2.87. The number of thiophene rings is 1. The van der Waals surface area contributed by atoms with Crippen molar-refractivity contribution < 1.29 is 4.79 Å². The second-order valence-electron chi connectivity index (χ2n) is 4.40. The molecule has 2 nitrogen and oxygen atoms in total. The zero-order valence-electron chi connectivity index (χ0n) is 9.65. The Kier molecular flexibility index (Phi) is 4.40. The quantitative estimate of drug-likeness (QED) is 0.774. The first-order chi connectivity index (χ1) is 7.86. The number of hydrogen-bond acceptors (Lipinski definition) is 2. The van der Waals surface area contributed by atoms with Crippen LogP contribution in [0.3, 0.4) is 0 Å². The maximum absolute atomic E-state index is 12.1. The van der Waals surface area contributed by atoms with Gasteiger partial charge in [0.25, 0.3) is 0 Å². The Bertz CT molecular complexity index is 313. The van der Waals surface area contributed by atoms with Crippen LogP contribution < -0.4 is 0 Å². The fraction of sp³-hybridized carbons (Fsp3) is 0.615. The zero-order chi connectivity index (χ0) is 11.2. The topological polar surface area (TPSA) is 20.3 Å². The van der Waals surface area contributed by atoms with Crippen LogP contribution in [0.5, 0.6) is 0 Å². The molecular formula is C13H19NOS. The third-order valence-corrected chi connectivity index (χ3v) is 3.99. The third kappa shape index (κ3) is 3.34. The van der Waals surface area contributed by atoms with Gasteiger partial charge in [-0.15, -0.1) is 11.3 Å². The molecule has 0 unspecified atom stereocenters. The number of hydrogen-bond donors (Lipinski definition) is 0. The lowest BCUT2D eigenvalue weighted by Crippen LogP contribution is -2.34. The van der Waals surface area contributed by atoms with Gasteiger partial charge in [-0.3, -0.25) is 4.79 Å².